The first-order valence-corrected chi connectivity index (χ1v) is 6.50. The number of ether oxygens (including phenoxy) is 1. The normalized spacial score (nSPS) is 10.6. The number of para-hydroxylation sites is 2. The SMILES string of the molecule is CNc1nc(N(C)c2ccccc2OC)c2[nH]cnc2n1. The maximum atomic E-state index is 5.41. The number of fused-ring (bicyclic) bond motifs is 1. The van der Waals surface area contributed by atoms with Gasteiger partial charge in [-0.25, -0.2) is 4.98 Å². The molecule has 0 radical (unpaired) electrons. The van der Waals surface area contributed by atoms with Gasteiger partial charge in [0.2, 0.25) is 5.95 Å². The lowest BCUT2D eigenvalue weighted by molar-refractivity contribution is 0.415. The van der Waals surface area contributed by atoms with Crippen LogP contribution in [-0.4, -0.2) is 41.1 Å². The van der Waals surface area contributed by atoms with E-state index in [4.69, 9.17) is 4.74 Å². The molecule has 0 fully saturated rings. The quantitative estimate of drug-likeness (QED) is 0.764. The standard InChI is InChI=1S/C14H16N6O/c1-15-14-18-12-11(16-8-17-12)13(19-14)20(2)9-6-4-5-7-10(9)21-3/h4-8H,1-3H3,(H2,15,16,17,18,19). The molecule has 0 unspecified atom stereocenters. The number of H-pyrrole nitrogens is 1. The van der Waals surface area contributed by atoms with E-state index in [0.717, 1.165) is 22.8 Å². The van der Waals surface area contributed by atoms with Gasteiger partial charge in [-0.2, -0.15) is 9.97 Å². The van der Waals surface area contributed by atoms with Crippen molar-refractivity contribution >= 4 is 28.6 Å². The third kappa shape index (κ3) is 2.22. The Hall–Kier alpha value is -2.83. The molecule has 0 bridgehead atoms. The molecule has 21 heavy (non-hydrogen) atoms. The van der Waals surface area contributed by atoms with Gasteiger partial charge in [0.25, 0.3) is 0 Å². The van der Waals surface area contributed by atoms with E-state index in [1.165, 1.54) is 0 Å². The highest BCUT2D eigenvalue weighted by atomic mass is 16.5. The molecule has 3 aromatic rings. The molecule has 2 aromatic heterocycles. The van der Waals surface area contributed by atoms with Gasteiger partial charge in [-0.1, -0.05) is 12.1 Å². The minimum Gasteiger partial charge on any atom is -0.495 e. The number of hydrogen-bond acceptors (Lipinski definition) is 6. The molecular weight excluding hydrogens is 268 g/mol. The smallest absolute Gasteiger partial charge is 0.226 e. The van der Waals surface area contributed by atoms with Crippen molar-refractivity contribution in [3.05, 3.63) is 30.6 Å². The van der Waals surface area contributed by atoms with Crippen LogP contribution in [0.4, 0.5) is 17.5 Å². The monoisotopic (exact) mass is 284 g/mol. The summed E-state index contributed by atoms with van der Waals surface area (Å²) in [7, 11) is 5.36. The van der Waals surface area contributed by atoms with E-state index in [2.05, 4.69) is 25.3 Å². The average Bonchev–Trinajstić information content (AvgIpc) is 3.01. The average molecular weight is 284 g/mol. The number of aromatic amines is 1. The van der Waals surface area contributed by atoms with Crippen LogP contribution >= 0.6 is 0 Å². The maximum absolute atomic E-state index is 5.41. The highest BCUT2D eigenvalue weighted by molar-refractivity contribution is 5.87. The summed E-state index contributed by atoms with van der Waals surface area (Å²) in [6, 6.07) is 7.78. The van der Waals surface area contributed by atoms with Gasteiger partial charge in [-0.15, -0.1) is 0 Å². The summed E-state index contributed by atoms with van der Waals surface area (Å²) < 4.78 is 5.41. The van der Waals surface area contributed by atoms with Crippen LogP contribution in [0.1, 0.15) is 0 Å². The molecule has 1 aromatic carbocycles. The Morgan fingerprint density at radius 1 is 1.24 bits per heavy atom. The van der Waals surface area contributed by atoms with Crippen LogP contribution in [-0.2, 0) is 0 Å². The fourth-order valence-electron chi connectivity index (χ4n) is 2.19. The number of aromatic nitrogens is 4. The van der Waals surface area contributed by atoms with Crippen LogP contribution in [0, 0.1) is 0 Å². The molecule has 0 aliphatic rings. The van der Waals surface area contributed by atoms with Crippen molar-refractivity contribution in [1.82, 2.24) is 19.9 Å². The summed E-state index contributed by atoms with van der Waals surface area (Å²) in [4.78, 5) is 18.1. The van der Waals surface area contributed by atoms with Crippen molar-refractivity contribution in [3.63, 3.8) is 0 Å². The van der Waals surface area contributed by atoms with Crippen molar-refractivity contribution < 1.29 is 4.74 Å². The van der Waals surface area contributed by atoms with Gasteiger partial charge >= 0.3 is 0 Å². The first kappa shape index (κ1) is 13.2. The highest BCUT2D eigenvalue weighted by Gasteiger charge is 2.17. The number of benzene rings is 1. The summed E-state index contributed by atoms with van der Waals surface area (Å²) >= 11 is 0. The molecule has 0 aliphatic heterocycles. The van der Waals surface area contributed by atoms with E-state index in [1.807, 2.05) is 36.2 Å². The van der Waals surface area contributed by atoms with Gasteiger partial charge in [-0.3, -0.25) is 0 Å². The molecule has 0 amide bonds. The first-order valence-electron chi connectivity index (χ1n) is 6.50. The number of rotatable bonds is 4. The Bertz CT molecular complexity index is 769. The van der Waals surface area contributed by atoms with Crippen LogP contribution in [0.2, 0.25) is 0 Å². The van der Waals surface area contributed by atoms with Crippen LogP contribution in [0.25, 0.3) is 11.2 Å². The number of anilines is 3. The molecule has 0 atom stereocenters. The van der Waals surface area contributed by atoms with Gasteiger partial charge < -0.3 is 19.9 Å². The fraction of sp³-hybridized carbons (Fsp3) is 0.214. The molecule has 3 rings (SSSR count). The summed E-state index contributed by atoms with van der Waals surface area (Å²) in [6.45, 7) is 0. The minimum atomic E-state index is 0.520. The molecule has 0 aliphatic carbocycles. The van der Waals surface area contributed by atoms with Crippen molar-refractivity contribution in [2.24, 2.45) is 0 Å². The fourth-order valence-corrected chi connectivity index (χ4v) is 2.19. The summed E-state index contributed by atoms with van der Waals surface area (Å²) in [5, 5.41) is 2.95. The number of methoxy groups -OCH3 is 1. The topological polar surface area (TPSA) is 79.0 Å². The summed E-state index contributed by atoms with van der Waals surface area (Å²) in [5.41, 5.74) is 2.31. The molecule has 7 heteroatoms. The number of nitrogens with one attached hydrogen (secondary N) is 2. The molecule has 2 N–H and O–H groups in total. The second-order valence-electron chi connectivity index (χ2n) is 4.45. The van der Waals surface area contributed by atoms with Crippen LogP contribution in [0.15, 0.2) is 30.6 Å². The second-order valence-corrected chi connectivity index (χ2v) is 4.45. The van der Waals surface area contributed by atoms with E-state index in [-0.39, 0.29) is 0 Å². The highest BCUT2D eigenvalue weighted by Crippen LogP contribution is 2.33. The predicted octanol–water partition coefficient (Wildman–Crippen LogP) is 2.17. The third-order valence-corrected chi connectivity index (χ3v) is 3.25. The Balaban J connectivity index is 2.16. The van der Waals surface area contributed by atoms with Crippen molar-refractivity contribution in [2.75, 3.05) is 31.4 Å². The van der Waals surface area contributed by atoms with Crippen LogP contribution < -0.4 is 15.0 Å². The van der Waals surface area contributed by atoms with E-state index >= 15 is 0 Å². The number of imidazole rings is 1. The summed E-state index contributed by atoms with van der Waals surface area (Å²) in [5.74, 6) is 2.02. The van der Waals surface area contributed by atoms with Gasteiger partial charge in [-0.05, 0) is 12.1 Å². The number of nitrogens with zero attached hydrogens (tertiary/aromatic N) is 4. The van der Waals surface area contributed by atoms with Gasteiger partial charge in [0, 0.05) is 14.1 Å². The zero-order valence-electron chi connectivity index (χ0n) is 12.1. The third-order valence-electron chi connectivity index (χ3n) is 3.25. The lowest BCUT2D eigenvalue weighted by Gasteiger charge is -2.21. The van der Waals surface area contributed by atoms with E-state index < -0.39 is 0 Å². The summed E-state index contributed by atoms with van der Waals surface area (Å²) in [6.07, 6.45) is 1.61. The van der Waals surface area contributed by atoms with Gasteiger partial charge in [0.15, 0.2) is 11.5 Å². The zero-order valence-corrected chi connectivity index (χ0v) is 12.1. The first-order chi connectivity index (χ1) is 10.2. The second kappa shape index (κ2) is 5.28. The van der Waals surface area contributed by atoms with Crippen LogP contribution in [0.5, 0.6) is 5.75 Å². The van der Waals surface area contributed by atoms with Gasteiger partial charge in [0.1, 0.15) is 11.3 Å². The van der Waals surface area contributed by atoms with E-state index in [1.54, 1.807) is 20.5 Å². The number of hydrogen-bond donors (Lipinski definition) is 2. The Kier molecular flexibility index (Phi) is 3.31. The predicted molar refractivity (Wildman–Crippen MR) is 82.3 cm³/mol. The maximum Gasteiger partial charge on any atom is 0.226 e. The Morgan fingerprint density at radius 2 is 2.05 bits per heavy atom. The van der Waals surface area contributed by atoms with E-state index in [9.17, 15) is 0 Å². The van der Waals surface area contributed by atoms with Gasteiger partial charge in [0.05, 0.1) is 19.1 Å². The molecule has 0 spiro atoms. The van der Waals surface area contributed by atoms with Crippen LogP contribution in [0.3, 0.4) is 0 Å². The Morgan fingerprint density at radius 3 is 2.81 bits per heavy atom. The minimum absolute atomic E-state index is 0.520. The molecule has 7 nitrogen and oxygen atoms in total. The van der Waals surface area contributed by atoms with Crippen molar-refractivity contribution in [1.29, 1.82) is 0 Å². The largest absolute Gasteiger partial charge is 0.495 e. The molecule has 2 heterocycles. The lowest BCUT2D eigenvalue weighted by atomic mass is 10.2. The van der Waals surface area contributed by atoms with Crippen molar-refractivity contribution in [3.8, 4) is 5.75 Å². The molecule has 0 saturated carbocycles. The molecule has 0 saturated heterocycles. The lowest BCUT2D eigenvalue weighted by Crippen LogP contribution is -2.14. The zero-order chi connectivity index (χ0) is 14.8. The van der Waals surface area contributed by atoms with Crippen molar-refractivity contribution in [2.45, 2.75) is 0 Å². The Labute approximate surface area is 122 Å². The van der Waals surface area contributed by atoms with E-state index in [0.29, 0.717) is 11.6 Å². The molecule has 108 valence electrons. The molecular formula is C14H16N6O.